The molecule has 0 saturated carbocycles. The van der Waals surface area contributed by atoms with Gasteiger partial charge in [-0.15, -0.1) is 0 Å². The molecule has 0 fully saturated rings. The molecule has 22 heavy (non-hydrogen) atoms. The molecule has 5 nitrogen and oxygen atoms in total. The largest absolute Gasteiger partial charge is 0.491 e. The summed E-state index contributed by atoms with van der Waals surface area (Å²) in [5, 5.41) is 6.52. The molecule has 0 saturated heterocycles. The molecule has 1 heterocycles. The van der Waals surface area contributed by atoms with Crippen molar-refractivity contribution < 1.29 is 4.74 Å². The Hall–Kier alpha value is -2.30. The second-order valence-electron chi connectivity index (χ2n) is 6.46. The summed E-state index contributed by atoms with van der Waals surface area (Å²) in [7, 11) is 0. The third kappa shape index (κ3) is 5.24. The van der Waals surface area contributed by atoms with Crippen molar-refractivity contribution in [1.29, 1.82) is 0 Å². The van der Waals surface area contributed by atoms with Gasteiger partial charge in [0.1, 0.15) is 11.6 Å². The lowest BCUT2D eigenvalue weighted by Gasteiger charge is -2.21. The van der Waals surface area contributed by atoms with Crippen LogP contribution in [0.4, 0.5) is 17.5 Å². The minimum atomic E-state index is -0.0402. The Morgan fingerprint density at radius 2 is 1.73 bits per heavy atom. The van der Waals surface area contributed by atoms with E-state index in [0.29, 0.717) is 5.95 Å². The molecular weight excluding hydrogens is 276 g/mol. The van der Waals surface area contributed by atoms with E-state index in [1.165, 1.54) is 0 Å². The zero-order valence-corrected chi connectivity index (χ0v) is 13.8. The Morgan fingerprint density at radius 1 is 1.05 bits per heavy atom. The zero-order valence-electron chi connectivity index (χ0n) is 13.8. The first kappa shape index (κ1) is 16.1. The fourth-order valence-electron chi connectivity index (χ4n) is 1.89. The molecule has 0 unspecified atom stereocenters. The third-order valence-corrected chi connectivity index (χ3v) is 2.64. The standard InChI is InChI=1S/C17H24N4O/c1-12(2)22-14-8-6-13(7-9-14)19-16-18-11-10-15(20-16)21-17(3,4)5/h6-12H,1-5H3,(H2,18,19,20,21). The van der Waals surface area contributed by atoms with E-state index in [4.69, 9.17) is 4.74 Å². The highest BCUT2D eigenvalue weighted by molar-refractivity contribution is 5.56. The van der Waals surface area contributed by atoms with E-state index in [0.717, 1.165) is 17.3 Å². The Labute approximate surface area is 132 Å². The predicted molar refractivity (Wildman–Crippen MR) is 90.9 cm³/mol. The molecule has 0 spiro atoms. The van der Waals surface area contributed by atoms with Crippen LogP contribution in [-0.2, 0) is 0 Å². The Balaban J connectivity index is 2.05. The van der Waals surface area contributed by atoms with E-state index in [2.05, 4.69) is 41.4 Å². The van der Waals surface area contributed by atoms with Gasteiger partial charge in [-0.25, -0.2) is 4.98 Å². The highest BCUT2D eigenvalue weighted by Crippen LogP contribution is 2.20. The molecule has 0 amide bonds. The number of hydrogen-bond donors (Lipinski definition) is 2. The molecule has 0 bridgehead atoms. The van der Waals surface area contributed by atoms with E-state index in [1.807, 2.05) is 44.2 Å². The molecule has 2 aromatic rings. The predicted octanol–water partition coefficient (Wildman–Crippen LogP) is 4.22. The van der Waals surface area contributed by atoms with Gasteiger partial charge in [0.2, 0.25) is 5.95 Å². The number of ether oxygens (including phenoxy) is 1. The topological polar surface area (TPSA) is 59.1 Å². The minimum Gasteiger partial charge on any atom is -0.491 e. The van der Waals surface area contributed by atoms with Crippen molar-refractivity contribution >= 4 is 17.5 Å². The second-order valence-corrected chi connectivity index (χ2v) is 6.46. The van der Waals surface area contributed by atoms with Gasteiger partial charge in [-0.1, -0.05) is 0 Å². The molecule has 1 aromatic heterocycles. The summed E-state index contributed by atoms with van der Waals surface area (Å²) in [4.78, 5) is 8.70. The van der Waals surface area contributed by atoms with Crippen molar-refractivity contribution in [1.82, 2.24) is 9.97 Å². The molecule has 0 atom stereocenters. The average Bonchev–Trinajstić information content (AvgIpc) is 2.39. The highest BCUT2D eigenvalue weighted by Gasteiger charge is 2.10. The molecule has 2 rings (SSSR count). The smallest absolute Gasteiger partial charge is 0.229 e. The van der Waals surface area contributed by atoms with Crippen LogP contribution in [0.3, 0.4) is 0 Å². The van der Waals surface area contributed by atoms with Crippen LogP contribution in [0.2, 0.25) is 0 Å². The van der Waals surface area contributed by atoms with Crippen LogP contribution in [0, 0.1) is 0 Å². The van der Waals surface area contributed by atoms with Crippen molar-refractivity contribution in [3.05, 3.63) is 36.5 Å². The van der Waals surface area contributed by atoms with Crippen LogP contribution in [0.15, 0.2) is 36.5 Å². The average molecular weight is 300 g/mol. The van der Waals surface area contributed by atoms with Gasteiger partial charge in [-0.2, -0.15) is 4.98 Å². The van der Waals surface area contributed by atoms with Gasteiger partial charge < -0.3 is 15.4 Å². The highest BCUT2D eigenvalue weighted by atomic mass is 16.5. The van der Waals surface area contributed by atoms with Crippen molar-refractivity contribution in [2.24, 2.45) is 0 Å². The quantitative estimate of drug-likeness (QED) is 0.866. The fourth-order valence-corrected chi connectivity index (χ4v) is 1.89. The Bertz CT molecular complexity index is 603. The number of aromatic nitrogens is 2. The fraction of sp³-hybridized carbons (Fsp3) is 0.412. The van der Waals surface area contributed by atoms with Gasteiger partial charge in [-0.05, 0) is 65.0 Å². The third-order valence-electron chi connectivity index (χ3n) is 2.64. The number of anilines is 3. The maximum absolute atomic E-state index is 5.62. The summed E-state index contributed by atoms with van der Waals surface area (Å²) >= 11 is 0. The maximum Gasteiger partial charge on any atom is 0.229 e. The first-order valence-corrected chi connectivity index (χ1v) is 7.47. The van der Waals surface area contributed by atoms with Gasteiger partial charge in [-0.3, -0.25) is 0 Å². The van der Waals surface area contributed by atoms with Gasteiger partial charge in [0.15, 0.2) is 0 Å². The lowest BCUT2D eigenvalue weighted by molar-refractivity contribution is 0.242. The molecule has 0 aliphatic carbocycles. The van der Waals surface area contributed by atoms with Gasteiger partial charge >= 0.3 is 0 Å². The summed E-state index contributed by atoms with van der Waals surface area (Å²) in [5.41, 5.74) is 0.880. The molecule has 2 N–H and O–H groups in total. The summed E-state index contributed by atoms with van der Waals surface area (Å²) in [5.74, 6) is 2.21. The van der Waals surface area contributed by atoms with Crippen LogP contribution < -0.4 is 15.4 Å². The van der Waals surface area contributed by atoms with E-state index in [9.17, 15) is 0 Å². The molecule has 118 valence electrons. The molecule has 5 heteroatoms. The van der Waals surface area contributed by atoms with Crippen LogP contribution in [0.5, 0.6) is 5.75 Å². The van der Waals surface area contributed by atoms with Crippen LogP contribution >= 0.6 is 0 Å². The monoisotopic (exact) mass is 300 g/mol. The molecule has 1 aromatic carbocycles. The minimum absolute atomic E-state index is 0.0402. The lowest BCUT2D eigenvalue weighted by Crippen LogP contribution is -2.26. The van der Waals surface area contributed by atoms with Crippen molar-refractivity contribution in [2.45, 2.75) is 46.3 Å². The number of nitrogens with one attached hydrogen (secondary N) is 2. The zero-order chi connectivity index (χ0) is 16.2. The molecule has 0 radical (unpaired) electrons. The lowest BCUT2D eigenvalue weighted by atomic mass is 10.1. The Kier molecular flexibility index (Phi) is 4.85. The SMILES string of the molecule is CC(C)Oc1ccc(Nc2nccc(NC(C)(C)C)n2)cc1. The van der Waals surface area contributed by atoms with E-state index in [-0.39, 0.29) is 11.6 Å². The van der Waals surface area contributed by atoms with E-state index in [1.54, 1.807) is 6.20 Å². The van der Waals surface area contributed by atoms with Crippen LogP contribution in [-0.4, -0.2) is 21.6 Å². The second kappa shape index (κ2) is 6.64. The van der Waals surface area contributed by atoms with Crippen LogP contribution in [0.1, 0.15) is 34.6 Å². The number of nitrogens with zero attached hydrogens (tertiary/aromatic N) is 2. The first-order valence-electron chi connectivity index (χ1n) is 7.47. The molecule has 0 aliphatic rings. The maximum atomic E-state index is 5.62. The van der Waals surface area contributed by atoms with Gasteiger partial charge in [0.25, 0.3) is 0 Å². The van der Waals surface area contributed by atoms with Gasteiger partial charge in [0, 0.05) is 17.4 Å². The molecule has 0 aliphatic heterocycles. The van der Waals surface area contributed by atoms with E-state index < -0.39 is 0 Å². The Morgan fingerprint density at radius 3 is 2.32 bits per heavy atom. The normalized spacial score (nSPS) is 11.4. The first-order chi connectivity index (χ1) is 10.3. The summed E-state index contributed by atoms with van der Waals surface area (Å²) in [6, 6.07) is 9.62. The number of rotatable bonds is 5. The van der Waals surface area contributed by atoms with Crippen LogP contribution in [0.25, 0.3) is 0 Å². The van der Waals surface area contributed by atoms with Gasteiger partial charge in [0.05, 0.1) is 6.10 Å². The van der Waals surface area contributed by atoms with Crippen molar-refractivity contribution in [2.75, 3.05) is 10.6 Å². The van der Waals surface area contributed by atoms with E-state index >= 15 is 0 Å². The molecular formula is C17H24N4O. The number of benzene rings is 1. The summed E-state index contributed by atoms with van der Waals surface area (Å²) < 4.78 is 5.62. The van der Waals surface area contributed by atoms with Crippen molar-refractivity contribution in [3.63, 3.8) is 0 Å². The summed E-state index contributed by atoms with van der Waals surface area (Å²) in [6.45, 7) is 10.3. The summed E-state index contributed by atoms with van der Waals surface area (Å²) in [6.07, 6.45) is 1.90. The number of hydrogen-bond acceptors (Lipinski definition) is 5. The van der Waals surface area contributed by atoms with Crippen molar-refractivity contribution in [3.8, 4) is 5.75 Å².